The summed E-state index contributed by atoms with van der Waals surface area (Å²) in [6.45, 7) is 7.06. The first kappa shape index (κ1) is 13.0. The van der Waals surface area contributed by atoms with E-state index in [1.165, 1.54) is 0 Å². The molecule has 0 saturated carbocycles. The first-order valence-corrected chi connectivity index (χ1v) is 6.62. The molecule has 0 saturated heterocycles. The number of hydrogen-bond donors (Lipinski definition) is 0. The zero-order chi connectivity index (χ0) is 10.4. The second kappa shape index (κ2) is 6.46. The van der Waals surface area contributed by atoms with Gasteiger partial charge in [-0.25, -0.2) is 4.79 Å². The Labute approximate surface area is 91.1 Å². The molecule has 0 amide bonds. The van der Waals surface area contributed by atoms with E-state index in [1.807, 2.05) is 6.92 Å². The van der Waals surface area contributed by atoms with Gasteiger partial charge in [0.05, 0.1) is 10.2 Å². The van der Waals surface area contributed by atoms with Crippen LogP contribution in [0.25, 0.3) is 0 Å². The third-order valence-corrected chi connectivity index (χ3v) is 4.21. The molecule has 0 heterocycles. The van der Waals surface area contributed by atoms with Gasteiger partial charge in [0.1, 0.15) is 9.52 Å². The highest BCUT2D eigenvalue weighted by Gasteiger charge is 2.16. The van der Waals surface area contributed by atoms with Crippen LogP contribution >= 0.6 is 23.2 Å². The second-order valence-corrected chi connectivity index (χ2v) is 7.35. The number of hydrogen-bond acceptors (Lipinski definition) is 2. The van der Waals surface area contributed by atoms with Crippen LogP contribution in [0.15, 0.2) is 12.2 Å². The number of rotatable bonds is 5. The minimum absolute atomic E-state index is 0.0794. The summed E-state index contributed by atoms with van der Waals surface area (Å²) in [4.78, 5) is 11.1. The number of halogens is 2. The topological polar surface area (TPSA) is 26.3 Å². The summed E-state index contributed by atoms with van der Waals surface area (Å²) in [6.07, 6.45) is 0.765. The molecule has 0 bridgehead atoms. The summed E-state index contributed by atoms with van der Waals surface area (Å²) >= 11 is 11.3. The van der Waals surface area contributed by atoms with Crippen LogP contribution in [0.4, 0.5) is 0 Å². The van der Waals surface area contributed by atoms with E-state index in [2.05, 4.69) is 6.58 Å². The van der Waals surface area contributed by atoms with E-state index in [0.29, 0.717) is 5.57 Å². The molecule has 0 N–H and O–H groups in total. The van der Waals surface area contributed by atoms with Gasteiger partial charge in [0, 0.05) is 5.57 Å². The first-order valence-electron chi connectivity index (χ1n) is 4.12. The van der Waals surface area contributed by atoms with E-state index in [4.69, 9.17) is 27.9 Å². The van der Waals surface area contributed by atoms with Crippen molar-refractivity contribution < 1.29 is 9.53 Å². The normalized spacial score (nSPS) is 13.6. The Kier molecular flexibility index (Phi) is 6.46. The molecular formula is C8H14Cl2O2Si. The van der Waals surface area contributed by atoms with Gasteiger partial charge >= 0.3 is 5.97 Å². The van der Waals surface area contributed by atoms with Crippen molar-refractivity contribution in [3.05, 3.63) is 12.2 Å². The molecule has 1 unspecified atom stereocenters. The van der Waals surface area contributed by atoms with Crippen LogP contribution in [0, 0.1) is 0 Å². The van der Waals surface area contributed by atoms with Crippen molar-refractivity contribution in [2.75, 3.05) is 0 Å². The van der Waals surface area contributed by atoms with Crippen LogP contribution in [0.2, 0.25) is 0 Å². The van der Waals surface area contributed by atoms with Crippen LogP contribution in [-0.4, -0.2) is 25.7 Å². The van der Waals surface area contributed by atoms with Crippen molar-refractivity contribution >= 4 is 38.7 Å². The molecule has 0 spiro atoms. The lowest BCUT2D eigenvalue weighted by Gasteiger charge is -2.15. The van der Waals surface area contributed by atoms with E-state index in [0.717, 1.165) is 6.42 Å². The summed E-state index contributed by atoms with van der Waals surface area (Å²) in [5.41, 5.74) is 0.331. The van der Waals surface area contributed by atoms with Crippen molar-refractivity contribution in [1.82, 2.24) is 0 Å². The van der Waals surface area contributed by atoms with Crippen molar-refractivity contribution in [3.63, 3.8) is 0 Å². The average Bonchev–Trinajstić information content (AvgIpc) is 2.02. The van der Waals surface area contributed by atoms with Crippen molar-refractivity contribution in [1.29, 1.82) is 0 Å². The van der Waals surface area contributed by atoms with Gasteiger partial charge in [-0.1, -0.05) is 13.5 Å². The molecule has 0 aromatic carbocycles. The minimum atomic E-state index is -0.768. The maximum absolute atomic E-state index is 11.1. The smallest absolute Gasteiger partial charge is 0.333 e. The standard InChI is InChI=1S/C8H14Cl2O2Si/c1-4-6(13-8(9)10)12-7(11)5(2)3/h6,8H,2,4,13H2,1,3H3. The summed E-state index contributed by atoms with van der Waals surface area (Å²) in [5.74, 6) is -0.353. The summed E-state index contributed by atoms with van der Waals surface area (Å²) in [6, 6.07) is 0. The van der Waals surface area contributed by atoms with E-state index in [9.17, 15) is 4.79 Å². The fraction of sp³-hybridized carbons (Fsp3) is 0.625. The quantitative estimate of drug-likeness (QED) is 0.317. The average molecular weight is 241 g/mol. The number of alkyl halides is 2. The van der Waals surface area contributed by atoms with Crippen molar-refractivity contribution in [2.24, 2.45) is 0 Å². The van der Waals surface area contributed by atoms with E-state index < -0.39 is 9.52 Å². The molecule has 13 heavy (non-hydrogen) atoms. The van der Waals surface area contributed by atoms with Crippen LogP contribution in [0.3, 0.4) is 0 Å². The van der Waals surface area contributed by atoms with Gasteiger partial charge in [-0.05, 0) is 13.3 Å². The van der Waals surface area contributed by atoms with Crippen molar-refractivity contribution in [2.45, 2.75) is 30.5 Å². The SMILES string of the molecule is C=C(C)C(=O)OC(CC)[SiH2]C(Cl)Cl. The zero-order valence-corrected chi connectivity index (χ0v) is 10.8. The summed E-state index contributed by atoms with van der Waals surface area (Å²) in [5, 5.41) is 0. The molecule has 0 fully saturated rings. The molecule has 0 aliphatic rings. The summed E-state index contributed by atoms with van der Waals surface area (Å²) in [7, 11) is -0.768. The maximum Gasteiger partial charge on any atom is 0.333 e. The third-order valence-electron chi connectivity index (χ3n) is 1.52. The lowest BCUT2D eigenvalue weighted by atomic mass is 10.4. The molecule has 76 valence electrons. The largest absolute Gasteiger partial charge is 0.464 e. The molecule has 0 aromatic rings. The highest BCUT2D eigenvalue weighted by atomic mass is 35.5. The van der Waals surface area contributed by atoms with E-state index in [1.54, 1.807) is 6.92 Å². The fourth-order valence-electron chi connectivity index (χ4n) is 0.749. The third kappa shape index (κ3) is 6.13. The van der Waals surface area contributed by atoms with Crippen LogP contribution in [0.1, 0.15) is 20.3 Å². The molecule has 0 radical (unpaired) electrons. The molecule has 0 aromatic heterocycles. The maximum atomic E-state index is 11.1. The van der Waals surface area contributed by atoms with Gasteiger partial charge in [-0.15, -0.1) is 23.2 Å². The molecule has 0 aliphatic carbocycles. The van der Waals surface area contributed by atoms with E-state index >= 15 is 0 Å². The Morgan fingerprint density at radius 3 is 2.46 bits per heavy atom. The Morgan fingerprint density at radius 1 is 1.62 bits per heavy atom. The Balaban J connectivity index is 3.97. The number of carbonyl (C=O) groups is 1. The monoisotopic (exact) mass is 240 g/mol. The van der Waals surface area contributed by atoms with Crippen LogP contribution in [0.5, 0.6) is 0 Å². The Morgan fingerprint density at radius 2 is 2.15 bits per heavy atom. The second-order valence-electron chi connectivity index (χ2n) is 2.84. The predicted molar refractivity (Wildman–Crippen MR) is 59.0 cm³/mol. The highest BCUT2D eigenvalue weighted by molar-refractivity contribution is 6.69. The van der Waals surface area contributed by atoms with Gasteiger partial charge in [0.15, 0.2) is 0 Å². The molecular weight excluding hydrogens is 227 g/mol. The zero-order valence-electron chi connectivity index (χ0n) is 7.85. The molecule has 0 rings (SSSR count). The highest BCUT2D eigenvalue weighted by Crippen LogP contribution is 2.08. The van der Waals surface area contributed by atoms with Crippen LogP contribution < -0.4 is 0 Å². The Hall–Kier alpha value is 0.00688. The minimum Gasteiger partial charge on any atom is -0.464 e. The number of esters is 1. The predicted octanol–water partition coefficient (Wildman–Crippen LogP) is 1.77. The van der Waals surface area contributed by atoms with Crippen LogP contribution in [-0.2, 0) is 9.53 Å². The van der Waals surface area contributed by atoms with Gasteiger partial charge < -0.3 is 4.74 Å². The number of carbonyl (C=O) groups excluding carboxylic acids is 1. The van der Waals surface area contributed by atoms with Gasteiger partial charge in [0.25, 0.3) is 0 Å². The number of ether oxygens (including phenoxy) is 1. The van der Waals surface area contributed by atoms with Gasteiger partial charge in [-0.3, -0.25) is 0 Å². The Bertz CT molecular complexity index is 195. The molecule has 0 aliphatic heterocycles. The molecule has 1 atom stereocenters. The van der Waals surface area contributed by atoms with Gasteiger partial charge in [0.2, 0.25) is 0 Å². The lowest BCUT2D eigenvalue weighted by molar-refractivity contribution is -0.140. The summed E-state index contributed by atoms with van der Waals surface area (Å²) < 4.78 is 4.77. The van der Waals surface area contributed by atoms with Crippen molar-refractivity contribution in [3.8, 4) is 0 Å². The first-order chi connectivity index (χ1) is 5.97. The fourth-order valence-corrected chi connectivity index (χ4v) is 2.92. The molecule has 2 nitrogen and oxygen atoms in total. The van der Waals surface area contributed by atoms with Gasteiger partial charge in [-0.2, -0.15) is 0 Å². The molecule has 5 heteroatoms. The lowest BCUT2D eigenvalue weighted by Crippen LogP contribution is -2.27. The van der Waals surface area contributed by atoms with E-state index in [-0.39, 0.29) is 16.2 Å².